The number of carbonyl (C=O) groups excluding carboxylic acids is 1. The van der Waals surface area contributed by atoms with Crippen LogP contribution in [0.15, 0.2) is 24.3 Å². The fourth-order valence-corrected chi connectivity index (χ4v) is 1.64. The zero-order valence-electron chi connectivity index (χ0n) is 9.95. The zero-order valence-corrected chi connectivity index (χ0v) is 9.95. The molecule has 2 nitrogen and oxygen atoms in total. The minimum absolute atomic E-state index is 0.0416. The molecule has 0 fully saturated rings. The summed E-state index contributed by atoms with van der Waals surface area (Å²) in [5.74, 6) is 0.204. The highest BCUT2D eigenvalue weighted by molar-refractivity contribution is 5.94. The van der Waals surface area contributed by atoms with Crippen molar-refractivity contribution in [2.24, 2.45) is 5.92 Å². The van der Waals surface area contributed by atoms with E-state index in [1.165, 1.54) is 5.56 Å². The van der Waals surface area contributed by atoms with Gasteiger partial charge in [0.25, 0.3) is 0 Å². The molecule has 0 saturated heterocycles. The van der Waals surface area contributed by atoms with Gasteiger partial charge in [0.15, 0.2) is 0 Å². The molecule has 0 aliphatic rings. The number of hydrogen-bond donors (Lipinski definition) is 0. The van der Waals surface area contributed by atoms with E-state index in [4.69, 9.17) is 0 Å². The minimum atomic E-state index is 0.0416. The van der Waals surface area contributed by atoms with Crippen molar-refractivity contribution < 1.29 is 4.79 Å². The van der Waals surface area contributed by atoms with Crippen molar-refractivity contribution in [2.45, 2.75) is 27.2 Å². The van der Waals surface area contributed by atoms with Gasteiger partial charge in [-0.3, -0.25) is 4.79 Å². The Bertz CT molecular complexity index is 344. The van der Waals surface area contributed by atoms with Crippen LogP contribution < -0.4 is 4.90 Å². The molecule has 0 aliphatic heterocycles. The first-order valence-electron chi connectivity index (χ1n) is 5.43. The Labute approximate surface area is 91.9 Å². The van der Waals surface area contributed by atoms with Crippen LogP contribution in [0.5, 0.6) is 0 Å². The molecule has 0 unspecified atom stereocenters. The van der Waals surface area contributed by atoms with Crippen LogP contribution in [0, 0.1) is 5.92 Å². The highest BCUT2D eigenvalue weighted by Gasteiger charge is 2.16. The maximum absolute atomic E-state index is 11.8. The Morgan fingerprint density at radius 2 is 1.93 bits per heavy atom. The summed E-state index contributed by atoms with van der Waals surface area (Å²) in [6.45, 7) is 5.95. The summed E-state index contributed by atoms with van der Waals surface area (Å²) in [4.78, 5) is 13.6. The first-order valence-corrected chi connectivity index (χ1v) is 5.43. The molecule has 2 heteroatoms. The van der Waals surface area contributed by atoms with Crippen molar-refractivity contribution in [3.05, 3.63) is 29.8 Å². The van der Waals surface area contributed by atoms with Crippen molar-refractivity contribution in [1.29, 1.82) is 0 Å². The Hall–Kier alpha value is -1.31. The van der Waals surface area contributed by atoms with E-state index in [-0.39, 0.29) is 11.8 Å². The van der Waals surface area contributed by atoms with Crippen molar-refractivity contribution >= 4 is 11.6 Å². The average Bonchev–Trinajstić information content (AvgIpc) is 2.26. The van der Waals surface area contributed by atoms with E-state index in [1.807, 2.05) is 39.1 Å². The van der Waals surface area contributed by atoms with Gasteiger partial charge in [-0.15, -0.1) is 0 Å². The molecular weight excluding hydrogens is 186 g/mol. The highest BCUT2D eigenvalue weighted by atomic mass is 16.2. The molecular formula is C13H19NO. The molecule has 0 N–H and O–H groups in total. The van der Waals surface area contributed by atoms with Crippen LogP contribution >= 0.6 is 0 Å². The predicted octanol–water partition coefficient (Wildman–Crippen LogP) is 2.87. The second-order valence-corrected chi connectivity index (χ2v) is 4.03. The zero-order chi connectivity index (χ0) is 11.4. The van der Waals surface area contributed by atoms with Crippen LogP contribution in [-0.4, -0.2) is 13.0 Å². The van der Waals surface area contributed by atoms with E-state index in [9.17, 15) is 4.79 Å². The number of amides is 1. The average molecular weight is 205 g/mol. The molecule has 1 aromatic carbocycles. The van der Waals surface area contributed by atoms with Crippen molar-refractivity contribution in [2.75, 3.05) is 11.9 Å². The highest BCUT2D eigenvalue weighted by Crippen LogP contribution is 2.20. The molecule has 0 heterocycles. The van der Waals surface area contributed by atoms with E-state index < -0.39 is 0 Å². The predicted molar refractivity (Wildman–Crippen MR) is 64.1 cm³/mol. The molecule has 1 rings (SSSR count). The lowest BCUT2D eigenvalue weighted by Gasteiger charge is -2.22. The summed E-state index contributed by atoms with van der Waals surface area (Å²) in [7, 11) is 1.84. The van der Waals surface area contributed by atoms with Gasteiger partial charge in [0.05, 0.1) is 0 Å². The first kappa shape index (κ1) is 11.8. The third kappa shape index (κ3) is 2.58. The van der Waals surface area contributed by atoms with Crippen LogP contribution in [0.2, 0.25) is 0 Å². The molecule has 0 radical (unpaired) electrons. The Morgan fingerprint density at radius 3 is 2.47 bits per heavy atom. The van der Waals surface area contributed by atoms with Gasteiger partial charge in [-0.25, -0.2) is 0 Å². The summed E-state index contributed by atoms with van der Waals surface area (Å²) in [5, 5.41) is 0. The summed E-state index contributed by atoms with van der Waals surface area (Å²) in [6.07, 6.45) is 0.950. The molecule has 82 valence electrons. The van der Waals surface area contributed by atoms with E-state index in [0.717, 1.165) is 12.1 Å². The van der Waals surface area contributed by atoms with Crippen molar-refractivity contribution in [1.82, 2.24) is 0 Å². The topological polar surface area (TPSA) is 20.3 Å². The Balaban J connectivity index is 3.00. The van der Waals surface area contributed by atoms with Gasteiger partial charge >= 0.3 is 0 Å². The monoisotopic (exact) mass is 205 g/mol. The molecule has 1 aromatic rings. The molecule has 0 spiro atoms. The van der Waals surface area contributed by atoms with Crippen LogP contribution in [-0.2, 0) is 11.2 Å². The third-order valence-corrected chi connectivity index (χ3v) is 2.56. The van der Waals surface area contributed by atoms with E-state index in [1.54, 1.807) is 4.90 Å². The number of hydrogen-bond acceptors (Lipinski definition) is 1. The van der Waals surface area contributed by atoms with Gasteiger partial charge in [0.1, 0.15) is 0 Å². The quantitative estimate of drug-likeness (QED) is 0.743. The maximum Gasteiger partial charge on any atom is 0.229 e. The van der Waals surface area contributed by atoms with E-state index >= 15 is 0 Å². The number of nitrogens with zero attached hydrogens (tertiary/aromatic N) is 1. The van der Waals surface area contributed by atoms with E-state index in [2.05, 4.69) is 13.0 Å². The number of aryl methyl sites for hydroxylation is 1. The van der Waals surface area contributed by atoms with Crippen LogP contribution in [0.1, 0.15) is 26.3 Å². The maximum atomic E-state index is 11.8. The van der Waals surface area contributed by atoms with Gasteiger partial charge in [-0.2, -0.15) is 0 Å². The van der Waals surface area contributed by atoms with Crippen LogP contribution in [0.3, 0.4) is 0 Å². The van der Waals surface area contributed by atoms with Gasteiger partial charge in [0, 0.05) is 18.7 Å². The first-order chi connectivity index (χ1) is 7.07. The number of rotatable bonds is 3. The van der Waals surface area contributed by atoms with Crippen LogP contribution in [0.4, 0.5) is 5.69 Å². The number of para-hydroxylation sites is 1. The summed E-state index contributed by atoms with van der Waals surface area (Å²) in [6, 6.07) is 8.05. The summed E-state index contributed by atoms with van der Waals surface area (Å²) < 4.78 is 0. The molecule has 0 aliphatic carbocycles. The van der Waals surface area contributed by atoms with Gasteiger partial charge in [-0.05, 0) is 18.1 Å². The number of benzene rings is 1. The minimum Gasteiger partial charge on any atom is -0.315 e. The molecule has 15 heavy (non-hydrogen) atoms. The molecule has 0 bridgehead atoms. The fourth-order valence-electron chi connectivity index (χ4n) is 1.64. The van der Waals surface area contributed by atoms with Crippen LogP contribution in [0.25, 0.3) is 0 Å². The SMILES string of the molecule is CCc1ccccc1N(C)C(=O)C(C)C. The second kappa shape index (κ2) is 4.96. The number of anilines is 1. The second-order valence-electron chi connectivity index (χ2n) is 4.03. The third-order valence-electron chi connectivity index (χ3n) is 2.56. The Morgan fingerprint density at radius 1 is 1.33 bits per heavy atom. The van der Waals surface area contributed by atoms with Gasteiger partial charge in [-0.1, -0.05) is 39.0 Å². The standard InChI is InChI=1S/C13H19NO/c1-5-11-8-6-7-9-12(11)14(4)13(15)10(2)3/h6-10H,5H2,1-4H3. The fraction of sp³-hybridized carbons (Fsp3) is 0.462. The molecule has 0 aromatic heterocycles. The largest absolute Gasteiger partial charge is 0.315 e. The van der Waals surface area contributed by atoms with Gasteiger partial charge < -0.3 is 4.90 Å². The smallest absolute Gasteiger partial charge is 0.229 e. The normalized spacial score (nSPS) is 10.5. The summed E-state index contributed by atoms with van der Waals surface area (Å²) >= 11 is 0. The summed E-state index contributed by atoms with van der Waals surface area (Å²) in [5.41, 5.74) is 2.24. The Kier molecular flexibility index (Phi) is 3.89. The molecule has 0 saturated carbocycles. The van der Waals surface area contributed by atoms with Gasteiger partial charge in [0.2, 0.25) is 5.91 Å². The lowest BCUT2D eigenvalue weighted by atomic mass is 10.1. The molecule has 1 amide bonds. The molecule has 0 atom stereocenters. The van der Waals surface area contributed by atoms with Crippen molar-refractivity contribution in [3.8, 4) is 0 Å². The van der Waals surface area contributed by atoms with Crippen molar-refractivity contribution in [3.63, 3.8) is 0 Å². The number of carbonyl (C=O) groups is 1. The lowest BCUT2D eigenvalue weighted by Crippen LogP contribution is -2.30. The lowest BCUT2D eigenvalue weighted by molar-refractivity contribution is -0.121. The van der Waals surface area contributed by atoms with E-state index in [0.29, 0.717) is 0 Å².